The van der Waals surface area contributed by atoms with Crippen LogP contribution >= 0.6 is 12.4 Å². The quantitative estimate of drug-likeness (QED) is 0.483. The Bertz CT molecular complexity index is 635. The Morgan fingerprint density at radius 2 is 1.70 bits per heavy atom. The third-order valence-electron chi connectivity index (χ3n) is 5.38. The summed E-state index contributed by atoms with van der Waals surface area (Å²) in [5.74, 6) is 1.86. The number of hydrogen-bond donors (Lipinski definition) is 1. The lowest BCUT2D eigenvalue weighted by Crippen LogP contribution is -2.08. The summed E-state index contributed by atoms with van der Waals surface area (Å²) >= 11 is 0. The number of aromatic nitrogens is 2. The average Bonchev–Trinajstić information content (AvgIpc) is 3.36. The summed E-state index contributed by atoms with van der Waals surface area (Å²) in [5, 5.41) is 7.50. The summed E-state index contributed by atoms with van der Waals surface area (Å²) in [6.07, 6.45) is 13.2. The second-order valence-electron chi connectivity index (χ2n) is 7.57. The topological polar surface area (TPSA) is 51.0 Å². The molecule has 3 rings (SSSR count). The minimum absolute atomic E-state index is 0. The van der Waals surface area contributed by atoms with Crippen molar-refractivity contribution in [3.8, 4) is 11.4 Å². The first-order chi connectivity index (χ1) is 12.9. The summed E-state index contributed by atoms with van der Waals surface area (Å²) < 4.78 is 5.46. The van der Waals surface area contributed by atoms with Crippen LogP contribution in [-0.4, -0.2) is 23.2 Å². The third kappa shape index (κ3) is 6.93. The maximum absolute atomic E-state index is 5.46. The van der Waals surface area contributed by atoms with Gasteiger partial charge in [-0.25, -0.2) is 0 Å². The largest absolute Gasteiger partial charge is 0.339 e. The molecule has 1 aromatic carbocycles. The minimum Gasteiger partial charge on any atom is -0.339 e. The van der Waals surface area contributed by atoms with Crippen LogP contribution in [0.1, 0.15) is 82.1 Å². The Labute approximate surface area is 169 Å². The molecule has 1 aliphatic heterocycles. The fourth-order valence-corrected chi connectivity index (χ4v) is 3.67. The molecule has 0 saturated carbocycles. The number of nitrogens with zero attached hydrogens (tertiary/aromatic N) is 2. The number of hydrogen-bond acceptors (Lipinski definition) is 4. The van der Waals surface area contributed by atoms with Gasteiger partial charge < -0.3 is 9.84 Å². The van der Waals surface area contributed by atoms with Crippen LogP contribution in [0.3, 0.4) is 0 Å². The van der Waals surface area contributed by atoms with Crippen molar-refractivity contribution in [2.75, 3.05) is 13.1 Å². The predicted octanol–water partition coefficient (Wildman–Crippen LogP) is 5.92. The molecule has 0 radical (unpaired) electrons. The van der Waals surface area contributed by atoms with Crippen LogP contribution in [0.4, 0.5) is 0 Å². The van der Waals surface area contributed by atoms with Crippen molar-refractivity contribution in [3.05, 3.63) is 35.7 Å². The Hall–Kier alpha value is -1.39. The van der Waals surface area contributed by atoms with Crippen LogP contribution in [-0.2, 0) is 6.42 Å². The normalized spacial score (nSPS) is 16.4. The van der Waals surface area contributed by atoms with Crippen molar-refractivity contribution in [1.29, 1.82) is 0 Å². The standard InChI is InChI=1S/C22H33N3O.ClH/c1-2-3-4-5-6-7-8-9-10-18-11-13-19(14-12-18)21-24-22(26-25-21)20-15-16-23-17-20;/h11-14,20,23H,2-10,15-17H2,1H3;1H/t20-;/m1./s1. The summed E-state index contributed by atoms with van der Waals surface area (Å²) in [4.78, 5) is 4.59. The Morgan fingerprint density at radius 3 is 2.37 bits per heavy atom. The number of rotatable bonds is 11. The molecule has 5 heteroatoms. The van der Waals surface area contributed by atoms with Gasteiger partial charge >= 0.3 is 0 Å². The van der Waals surface area contributed by atoms with Crippen LogP contribution < -0.4 is 5.32 Å². The Balaban J connectivity index is 0.00000261. The maximum Gasteiger partial charge on any atom is 0.231 e. The van der Waals surface area contributed by atoms with Gasteiger partial charge in [0.05, 0.1) is 5.92 Å². The lowest BCUT2D eigenvalue weighted by atomic mass is 10.0. The maximum atomic E-state index is 5.46. The molecule has 1 N–H and O–H groups in total. The molecule has 1 atom stereocenters. The zero-order chi connectivity index (χ0) is 18.0. The van der Waals surface area contributed by atoms with Crippen LogP contribution in [0.2, 0.25) is 0 Å². The summed E-state index contributed by atoms with van der Waals surface area (Å²) in [5.41, 5.74) is 2.45. The van der Waals surface area contributed by atoms with E-state index in [9.17, 15) is 0 Å². The van der Waals surface area contributed by atoms with E-state index in [1.807, 2.05) is 0 Å². The van der Waals surface area contributed by atoms with E-state index in [0.29, 0.717) is 11.7 Å². The molecule has 0 aliphatic carbocycles. The molecule has 0 unspecified atom stereocenters. The van der Waals surface area contributed by atoms with Gasteiger partial charge in [-0.1, -0.05) is 81.3 Å². The first kappa shape index (κ1) is 21.9. The molecule has 4 nitrogen and oxygen atoms in total. The highest BCUT2D eigenvalue weighted by Crippen LogP contribution is 2.24. The van der Waals surface area contributed by atoms with Gasteiger partial charge in [-0.15, -0.1) is 12.4 Å². The van der Waals surface area contributed by atoms with E-state index in [0.717, 1.165) is 31.0 Å². The van der Waals surface area contributed by atoms with E-state index in [1.54, 1.807) is 0 Å². The van der Waals surface area contributed by atoms with Crippen LogP contribution in [0.5, 0.6) is 0 Å². The third-order valence-corrected chi connectivity index (χ3v) is 5.38. The van der Waals surface area contributed by atoms with Crippen LogP contribution in [0.25, 0.3) is 11.4 Å². The van der Waals surface area contributed by atoms with Gasteiger partial charge in [0.25, 0.3) is 0 Å². The lowest BCUT2D eigenvalue weighted by Gasteiger charge is -2.03. The zero-order valence-corrected chi connectivity index (χ0v) is 17.4. The molecular weight excluding hydrogens is 358 g/mol. The highest BCUT2D eigenvalue weighted by molar-refractivity contribution is 5.85. The van der Waals surface area contributed by atoms with Gasteiger partial charge in [-0.3, -0.25) is 0 Å². The summed E-state index contributed by atoms with van der Waals surface area (Å²) in [6.45, 7) is 4.25. The molecule has 1 saturated heterocycles. The van der Waals surface area contributed by atoms with E-state index < -0.39 is 0 Å². The number of unbranched alkanes of at least 4 members (excludes halogenated alkanes) is 7. The smallest absolute Gasteiger partial charge is 0.231 e. The molecule has 2 aromatic rings. The van der Waals surface area contributed by atoms with Crippen molar-refractivity contribution in [2.45, 2.75) is 77.0 Å². The van der Waals surface area contributed by atoms with Crippen LogP contribution in [0, 0.1) is 0 Å². The molecule has 27 heavy (non-hydrogen) atoms. The second kappa shape index (κ2) is 12.1. The number of nitrogens with one attached hydrogen (secondary N) is 1. The summed E-state index contributed by atoms with van der Waals surface area (Å²) in [6, 6.07) is 8.68. The Morgan fingerprint density at radius 1 is 1.00 bits per heavy atom. The highest BCUT2D eigenvalue weighted by Gasteiger charge is 2.22. The average molecular weight is 392 g/mol. The first-order valence-corrected chi connectivity index (χ1v) is 10.5. The van der Waals surface area contributed by atoms with E-state index >= 15 is 0 Å². The van der Waals surface area contributed by atoms with E-state index in [1.165, 1.54) is 63.4 Å². The van der Waals surface area contributed by atoms with Gasteiger partial charge in [0.15, 0.2) is 0 Å². The monoisotopic (exact) mass is 391 g/mol. The molecule has 2 heterocycles. The van der Waals surface area contributed by atoms with Gasteiger partial charge in [0.1, 0.15) is 0 Å². The predicted molar refractivity (Wildman–Crippen MR) is 114 cm³/mol. The highest BCUT2D eigenvalue weighted by atomic mass is 35.5. The number of benzene rings is 1. The minimum atomic E-state index is 0. The SMILES string of the molecule is CCCCCCCCCCc1ccc(-c2noc([C@@H]3CCNC3)n2)cc1.Cl. The molecule has 1 aromatic heterocycles. The lowest BCUT2D eigenvalue weighted by molar-refractivity contribution is 0.359. The fraction of sp³-hybridized carbons (Fsp3) is 0.636. The molecule has 0 bridgehead atoms. The summed E-state index contributed by atoms with van der Waals surface area (Å²) in [7, 11) is 0. The van der Waals surface area contributed by atoms with Gasteiger partial charge in [0, 0.05) is 12.1 Å². The first-order valence-electron chi connectivity index (χ1n) is 10.5. The van der Waals surface area contributed by atoms with E-state index in [2.05, 4.69) is 46.6 Å². The van der Waals surface area contributed by atoms with Crippen LogP contribution in [0.15, 0.2) is 28.8 Å². The Kier molecular flexibility index (Phi) is 9.85. The molecule has 0 amide bonds. The van der Waals surface area contributed by atoms with Crippen molar-refractivity contribution < 1.29 is 4.52 Å². The van der Waals surface area contributed by atoms with Gasteiger partial charge in [-0.2, -0.15) is 4.98 Å². The van der Waals surface area contributed by atoms with Crippen molar-refractivity contribution >= 4 is 12.4 Å². The number of halogens is 1. The molecule has 0 spiro atoms. The van der Waals surface area contributed by atoms with Crippen molar-refractivity contribution in [3.63, 3.8) is 0 Å². The van der Waals surface area contributed by atoms with E-state index in [4.69, 9.17) is 4.52 Å². The molecule has 1 aliphatic rings. The second-order valence-corrected chi connectivity index (χ2v) is 7.57. The van der Waals surface area contributed by atoms with Gasteiger partial charge in [0.2, 0.25) is 11.7 Å². The van der Waals surface area contributed by atoms with E-state index in [-0.39, 0.29) is 12.4 Å². The molecular formula is C22H34ClN3O. The molecule has 1 fully saturated rings. The van der Waals surface area contributed by atoms with Crippen molar-refractivity contribution in [2.24, 2.45) is 0 Å². The fourth-order valence-electron chi connectivity index (χ4n) is 3.67. The van der Waals surface area contributed by atoms with Gasteiger partial charge in [-0.05, 0) is 31.4 Å². The molecule has 150 valence electrons. The zero-order valence-electron chi connectivity index (χ0n) is 16.6. The number of aryl methyl sites for hydroxylation is 1. The van der Waals surface area contributed by atoms with Crippen molar-refractivity contribution in [1.82, 2.24) is 15.5 Å².